The molecule has 0 heterocycles. The van der Waals surface area contributed by atoms with Crippen LogP contribution < -0.4 is 0 Å². The third-order valence-corrected chi connectivity index (χ3v) is 10.0. The molecule has 5 heteroatoms. The lowest BCUT2D eigenvalue weighted by atomic mass is 9.64. The minimum atomic E-state index is -4.59. The second-order valence-corrected chi connectivity index (χ2v) is 12.3. The van der Waals surface area contributed by atoms with Crippen LogP contribution >= 0.6 is 0 Å². The predicted octanol–water partition coefficient (Wildman–Crippen LogP) is 11.0. The summed E-state index contributed by atoms with van der Waals surface area (Å²) in [5, 5.41) is 0. The SMILES string of the molecule is CCCCCC1CCC(C2CCC(C3CCC(c4cc(F)c(C=CC(F)(F)F)c(F)c4)CC3)CC2)CC1. The van der Waals surface area contributed by atoms with Gasteiger partial charge in [-0.2, -0.15) is 13.2 Å². The normalized spacial score (nSPS) is 31.6. The highest BCUT2D eigenvalue weighted by Gasteiger charge is 2.35. The molecule has 3 saturated carbocycles. The molecule has 3 aliphatic carbocycles. The highest BCUT2D eigenvalue weighted by molar-refractivity contribution is 5.52. The minimum absolute atomic E-state index is 0.0877. The summed E-state index contributed by atoms with van der Waals surface area (Å²) in [4.78, 5) is 0. The Hall–Kier alpha value is -1.39. The number of rotatable bonds is 8. The Morgan fingerprint density at radius 2 is 1.16 bits per heavy atom. The number of benzene rings is 1. The van der Waals surface area contributed by atoms with Crippen LogP contribution in [0.2, 0.25) is 0 Å². The number of allylic oxidation sites excluding steroid dienone is 1. The van der Waals surface area contributed by atoms with E-state index < -0.39 is 23.4 Å². The van der Waals surface area contributed by atoms with E-state index in [1.165, 1.54) is 89.2 Å². The van der Waals surface area contributed by atoms with Gasteiger partial charge in [-0.25, -0.2) is 8.78 Å². The number of hydrogen-bond acceptors (Lipinski definition) is 0. The average Bonchev–Trinajstić information content (AvgIpc) is 2.88. The van der Waals surface area contributed by atoms with Crippen molar-refractivity contribution in [1.29, 1.82) is 0 Å². The highest BCUT2D eigenvalue weighted by Crippen LogP contribution is 2.47. The van der Waals surface area contributed by atoms with Crippen LogP contribution in [0.3, 0.4) is 0 Å². The largest absolute Gasteiger partial charge is 0.409 e. The fourth-order valence-corrected chi connectivity index (χ4v) is 7.82. The summed E-state index contributed by atoms with van der Waals surface area (Å²) in [6, 6.07) is 2.49. The molecule has 0 aliphatic heterocycles. The van der Waals surface area contributed by atoms with E-state index in [1.807, 2.05) is 0 Å². The molecule has 0 atom stereocenters. The van der Waals surface area contributed by atoms with Gasteiger partial charge in [0, 0.05) is 11.6 Å². The first kappa shape index (κ1) is 28.6. The molecule has 0 aromatic heterocycles. The van der Waals surface area contributed by atoms with E-state index in [1.54, 1.807) is 0 Å². The van der Waals surface area contributed by atoms with Gasteiger partial charge in [-0.3, -0.25) is 0 Å². The van der Waals surface area contributed by atoms with Crippen LogP contribution in [0.4, 0.5) is 22.0 Å². The first-order valence-electron chi connectivity index (χ1n) is 15.0. The van der Waals surface area contributed by atoms with Gasteiger partial charge in [-0.05, 0) is 123 Å². The van der Waals surface area contributed by atoms with Crippen molar-refractivity contribution in [3.8, 4) is 0 Å². The summed E-state index contributed by atoms with van der Waals surface area (Å²) in [5.41, 5.74) is -0.0249. The van der Waals surface area contributed by atoms with Gasteiger partial charge >= 0.3 is 6.18 Å². The smallest absolute Gasteiger partial charge is 0.206 e. The van der Waals surface area contributed by atoms with Crippen molar-refractivity contribution in [2.24, 2.45) is 29.6 Å². The lowest BCUT2D eigenvalue weighted by Gasteiger charge is -2.41. The zero-order valence-corrected chi connectivity index (χ0v) is 22.5. The molecule has 37 heavy (non-hydrogen) atoms. The predicted molar refractivity (Wildman–Crippen MR) is 141 cm³/mol. The Bertz CT molecular complexity index is 841. The van der Waals surface area contributed by atoms with Crippen molar-refractivity contribution >= 4 is 6.08 Å². The van der Waals surface area contributed by atoms with Gasteiger partial charge < -0.3 is 0 Å². The van der Waals surface area contributed by atoms with Gasteiger partial charge in [0.05, 0.1) is 0 Å². The Balaban J connectivity index is 1.21. The van der Waals surface area contributed by atoms with E-state index >= 15 is 0 Å². The molecule has 0 saturated heterocycles. The molecule has 0 unspecified atom stereocenters. The summed E-state index contributed by atoms with van der Waals surface area (Å²) in [6.45, 7) is 2.28. The van der Waals surface area contributed by atoms with Crippen molar-refractivity contribution in [3.63, 3.8) is 0 Å². The Morgan fingerprint density at radius 1 is 0.703 bits per heavy atom. The van der Waals surface area contributed by atoms with Crippen molar-refractivity contribution < 1.29 is 22.0 Å². The maximum absolute atomic E-state index is 14.4. The zero-order chi connectivity index (χ0) is 26.4. The molecule has 0 amide bonds. The van der Waals surface area contributed by atoms with Gasteiger partial charge in [0.1, 0.15) is 11.6 Å². The number of halogens is 5. The molecule has 0 radical (unpaired) electrons. The number of unbranched alkanes of at least 4 members (excludes halogenated alkanes) is 2. The molecule has 0 nitrogen and oxygen atoms in total. The number of hydrogen-bond donors (Lipinski definition) is 0. The van der Waals surface area contributed by atoms with Crippen LogP contribution in [0.5, 0.6) is 0 Å². The molecule has 0 N–H and O–H groups in total. The van der Waals surface area contributed by atoms with Gasteiger partial charge in [0.2, 0.25) is 0 Å². The molecule has 4 rings (SSSR count). The van der Waals surface area contributed by atoms with Crippen LogP contribution in [-0.2, 0) is 0 Å². The molecule has 3 aliphatic rings. The summed E-state index contributed by atoms with van der Waals surface area (Å²) in [5.74, 6) is 2.59. The van der Waals surface area contributed by atoms with E-state index in [0.29, 0.717) is 17.6 Å². The zero-order valence-electron chi connectivity index (χ0n) is 22.5. The highest BCUT2D eigenvalue weighted by atomic mass is 19.4. The van der Waals surface area contributed by atoms with E-state index in [0.717, 1.165) is 49.4 Å². The monoisotopic (exact) mass is 524 g/mol. The third-order valence-electron chi connectivity index (χ3n) is 10.0. The van der Waals surface area contributed by atoms with Gasteiger partial charge in [0.25, 0.3) is 0 Å². The molecular weight excluding hydrogens is 479 g/mol. The molecule has 208 valence electrons. The standard InChI is InChI=1S/C32H45F5/c1-2-3-4-5-22-6-8-23(9-7-22)24-10-12-25(13-11-24)26-14-16-27(17-15-26)28-20-30(33)29(31(34)21-28)18-19-32(35,36)37/h18-27H,2-17H2,1H3. The third kappa shape index (κ3) is 8.05. The van der Waals surface area contributed by atoms with E-state index in [-0.39, 0.29) is 12.0 Å². The minimum Gasteiger partial charge on any atom is -0.206 e. The van der Waals surface area contributed by atoms with Crippen LogP contribution in [0, 0.1) is 41.2 Å². The lowest BCUT2D eigenvalue weighted by Crippen LogP contribution is -2.29. The van der Waals surface area contributed by atoms with Crippen LogP contribution in [-0.4, -0.2) is 6.18 Å². The van der Waals surface area contributed by atoms with Gasteiger partial charge in [0.15, 0.2) is 0 Å². The lowest BCUT2D eigenvalue weighted by molar-refractivity contribution is -0.0790. The molecule has 3 fully saturated rings. The summed E-state index contributed by atoms with van der Waals surface area (Å²) < 4.78 is 66.1. The first-order valence-corrected chi connectivity index (χ1v) is 15.0. The fourth-order valence-electron chi connectivity index (χ4n) is 7.82. The molecule has 1 aromatic rings. The topological polar surface area (TPSA) is 0 Å². The van der Waals surface area contributed by atoms with Crippen LogP contribution in [0.25, 0.3) is 6.08 Å². The van der Waals surface area contributed by atoms with E-state index in [9.17, 15) is 22.0 Å². The van der Waals surface area contributed by atoms with Gasteiger partial charge in [-0.1, -0.05) is 45.4 Å². The van der Waals surface area contributed by atoms with E-state index in [2.05, 4.69) is 6.92 Å². The van der Waals surface area contributed by atoms with Crippen molar-refractivity contribution in [1.82, 2.24) is 0 Å². The van der Waals surface area contributed by atoms with Crippen LogP contribution in [0.1, 0.15) is 127 Å². The Morgan fingerprint density at radius 3 is 1.62 bits per heavy atom. The van der Waals surface area contributed by atoms with E-state index in [4.69, 9.17) is 0 Å². The maximum atomic E-state index is 14.4. The maximum Gasteiger partial charge on any atom is 0.409 e. The quantitative estimate of drug-likeness (QED) is 0.234. The van der Waals surface area contributed by atoms with Crippen molar-refractivity contribution in [3.05, 3.63) is 41.0 Å². The van der Waals surface area contributed by atoms with Gasteiger partial charge in [-0.15, -0.1) is 0 Å². The van der Waals surface area contributed by atoms with Crippen molar-refractivity contribution in [2.45, 2.75) is 122 Å². The molecule has 0 bridgehead atoms. The second-order valence-electron chi connectivity index (χ2n) is 12.3. The molecule has 1 aromatic carbocycles. The fraction of sp³-hybridized carbons (Fsp3) is 0.750. The summed E-state index contributed by atoms with van der Waals surface area (Å²) >= 11 is 0. The Kier molecular flexibility index (Phi) is 10.1. The van der Waals surface area contributed by atoms with Crippen LogP contribution in [0.15, 0.2) is 18.2 Å². The summed E-state index contributed by atoms with van der Waals surface area (Å²) in [6.07, 6.45) is 16.5. The molecular formula is C32H45F5. The van der Waals surface area contributed by atoms with Crippen molar-refractivity contribution in [2.75, 3.05) is 0 Å². The second kappa shape index (κ2) is 13.1. The first-order chi connectivity index (χ1) is 17.7. The number of alkyl halides is 3. The summed E-state index contributed by atoms with van der Waals surface area (Å²) in [7, 11) is 0. The molecule has 0 spiro atoms. The Labute approximate surface area is 220 Å². The average molecular weight is 525 g/mol.